The lowest BCUT2D eigenvalue weighted by molar-refractivity contribution is -0.144. The molecule has 2 aromatic carbocycles. The fourth-order valence-corrected chi connectivity index (χ4v) is 3.92. The first-order valence-corrected chi connectivity index (χ1v) is 11.4. The summed E-state index contributed by atoms with van der Waals surface area (Å²) in [6.07, 6.45) is 1.43. The van der Waals surface area contributed by atoms with E-state index in [1.54, 1.807) is 24.3 Å². The Morgan fingerprint density at radius 1 is 0.778 bits per heavy atom. The standard InChI is InChI=1S/C26H28N2O8/c1-5-21(29)33-15(3)27-25(31)35-23-17-11-7-9-13-19(17)24(20-14-10-8-12-18(20)23)36-26(32)28-16(4)34-22(30)6-2/h5-7,9,11,13,15-16H,1-2,8,10,12,14H2,3-4H3,(H,27,31)(H,28,32). The summed E-state index contributed by atoms with van der Waals surface area (Å²) in [7, 11) is 0. The third kappa shape index (κ3) is 6.41. The summed E-state index contributed by atoms with van der Waals surface area (Å²) in [5, 5.41) is 6.05. The zero-order chi connectivity index (χ0) is 26.2. The summed E-state index contributed by atoms with van der Waals surface area (Å²) in [4.78, 5) is 48.0. The first-order chi connectivity index (χ1) is 17.2. The monoisotopic (exact) mass is 496 g/mol. The summed E-state index contributed by atoms with van der Waals surface area (Å²) < 4.78 is 21.3. The third-order valence-corrected chi connectivity index (χ3v) is 5.38. The molecule has 1 aliphatic rings. The molecule has 2 atom stereocenters. The summed E-state index contributed by atoms with van der Waals surface area (Å²) in [5.74, 6) is -0.667. The number of esters is 2. The van der Waals surface area contributed by atoms with Crippen LogP contribution in [-0.4, -0.2) is 36.6 Å². The highest BCUT2D eigenvalue weighted by Gasteiger charge is 2.27. The number of fused-ring (bicyclic) bond motifs is 2. The number of benzene rings is 2. The maximum absolute atomic E-state index is 12.6. The van der Waals surface area contributed by atoms with Gasteiger partial charge in [-0.3, -0.25) is 10.6 Å². The van der Waals surface area contributed by atoms with E-state index >= 15 is 0 Å². The van der Waals surface area contributed by atoms with Crippen molar-refractivity contribution in [1.82, 2.24) is 10.6 Å². The molecule has 2 unspecified atom stereocenters. The quantitative estimate of drug-likeness (QED) is 0.318. The third-order valence-electron chi connectivity index (χ3n) is 5.38. The predicted molar refractivity (Wildman–Crippen MR) is 130 cm³/mol. The molecule has 0 fully saturated rings. The van der Waals surface area contributed by atoms with Crippen molar-refractivity contribution >= 4 is 34.9 Å². The number of ether oxygens (including phenoxy) is 4. The van der Waals surface area contributed by atoms with Gasteiger partial charge in [0, 0.05) is 34.1 Å². The molecule has 36 heavy (non-hydrogen) atoms. The van der Waals surface area contributed by atoms with Crippen LogP contribution in [0.1, 0.15) is 37.8 Å². The number of carbonyl (C=O) groups excluding carboxylic acids is 4. The maximum Gasteiger partial charge on any atom is 0.415 e. The van der Waals surface area contributed by atoms with Crippen LogP contribution in [0.5, 0.6) is 11.5 Å². The van der Waals surface area contributed by atoms with E-state index in [9.17, 15) is 19.2 Å². The average molecular weight is 497 g/mol. The van der Waals surface area contributed by atoms with Gasteiger partial charge >= 0.3 is 24.1 Å². The van der Waals surface area contributed by atoms with Crippen molar-refractivity contribution in [2.75, 3.05) is 0 Å². The van der Waals surface area contributed by atoms with Crippen LogP contribution in [0.25, 0.3) is 10.8 Å². The van der Waals surface area contributed by atoms with Crippen LogP contribution in [0.15, 0.2) is 49.6 Å². The molecule has 1 aliphatic carbocycles. The normalized spacial score (nSPS) is 13.8. The van der Waals surface area contributed by atoms with Gasteiger partial charge in [0.1, 0.15) is 11.5 Å². The van der Waals surface area contributed by atoms with E-state index in [4.69, 9.17) is 18.9 Å². The molecule has 10 heteroatoms. The van der Waals surface area contributed by atoms with Crippen molar-refractivity contribution in [3.05, 3.63) is 60.7 Å². The van der Waals surface area contributed by atoms with Crippen LogP contribution in [0, 0.1) is 0 Å². The number of hydrogen-bond donors (Lipinski definition) is 2. The maximum atomic E-state index is 12.6. The molecule has 2 N–H and O–H groups in total. The Bertz CT molecular complexity index is 1110. The molecule has 0 saturated carbocycles. The Balaban J connectivity index is 1.91. The van der Waals surface area contributed by atoms with Gasteiger partial charge in [-0.25, -0.2) is 19.2 Å². The van der Waals surface area contributed by atoms with Crippen LogP contribution in [0.2, 0.25) is 0 Å². The van der Waals surface area contributed by atoms with Crippen LogP contribution in [0.3, 0.4) is 0 Å². The summed E-state index contributed by atoms with van der Waals surface area (Å²) in [6, 6.07) is 7.06. The molecule has 0 aliphatic heterocycles. The van der Waals surface area contributed by atoms with Crippen molar-refractivity contribution in [2.24, 2.45) is 0 Å². The molecule has 10 nitrogen and oxygen atoms in total. The van der Waals surface area contributed by atoms with Crippen LogP contribution in [-0.2, 0) is 31.9 Å². The first kappa shape index (κ1) is 26.3. The molecule has 2 aromatic rings. The molecule has 190 valence electrons. The minimum absolute atomic E-state index is 0.348. The molecule has 0 spiro atoms. The van der Waals surface area contributed by atoms with Gasteiger partial charge < -0.3 is 18.9 Å². The minimum atomic E-state index is -0.937. The van der Waals surface area contributed by atoms with E-state index in [0.717, 1.165) is 36.1 Å². The number of hydrogen-bond acceptors (Lipinski definition) is 8. The van der Waals surface area contributed by atoms with Crippen molar-refractivity contribution in [2.45, 2.75) is 52.0 Å². The van der Waals surface area contributed by atoms with Crippen molar-refractivity contribution < 1.29 is 38.1 Å². The second-order valence-corrected chi connectivity index (χ2v) is 8.00. The van der Waals surface area contributed by atoms with Gasteiger partial charge in [-0.2, -0.15) is 0 Å². The Labute approximate surface area is 208 Å². The fourth-order valence-electron chi connectivity index (χ4n) is 3.92. The van der Waals surface area contributed by atoms with Gasteiger partial charge in [0.05, 0.1) is 0 Å². The molecular weight excluding hydrogens is 468 g/mol. The lowest BCUT2D eigenvalue weighted by Gasteiger charge is -2.25. The van der Waals surface area contributed by atoms with E-state index < -0.39 is 36.6 Å². The van der Waals surface area contributed by atoms with E-state index in [1.165, 1.54) is 13.8 Å². The SMILES string of the molecule is C=CC(=O)OC(C)NC(=O)Oc1c2c(c(OC(=O)NC(C)OC(=O)C=C)c3ccccc13)CCCC2. The zero-order valence-corrected chi connectivity index (χ0v) is 20.1. The molecule has 0 aromatic heterocycles. The van der Waals surface area contributed by atoms with Gasteiger partial charge in [0.15, 0.2) is 12.5 Å². The number of carbonyl (C=O) groups is 4. The van der Waals surface area contributed by atoms with Crippen LogP contribution < -0.4 is 20.1 Å². The highest BCUT2D eigenvalue weighted by atomic mass is 16.6. The van der Waals surface area contributed by atoms with E-state index in [2.05, 4.69) is 23.8 Å². The van der Waals surface area contributed by atoms with E-state index in [1.807, 2.05) is 0 Å². The molecule has 0 saturated heterocycles. The van der Waals surface area contributed by atoms with E-state index in [-0.39, 0.29) is 0 Å². The van der Waals surface area contributed by atoms with Crippen LogP contribution >= 0.6 is 0 Å². The Morgan fingerprint density at radius 3 is 1.53 bits per heavy atom. The largest absolute Gasteiger partial charge is 0.439 e. The minimum Gasteiger partial charge on any atom is -0.439 e. The molecule has 2 amide bonds. The topological polar surface area (TPSA) is 129 Å². The molecule has 3 rings (SSSR count). The summed E-state index contributed by atoms with van der Waals surface area (Å²) >= 11 is 0. The second kappa shape index (κ2) is 11.9. The average Bonchev–Trinajstić information content (AvgIpc) is 2.85. The zero-order valence-electron chi connectivity index (χ0n) is 20.1. The van der Waals surface area contributed by atoms with Gasteiger partial charge in [0.2, 0.25) is 0 Å². The molecule has 0 radical (unpaired) electrons. The number of nitrogens with one attached hydrogen (secondary N) is 2. The Hall–Kier alpha value is -4.34. The first-order valence-electron chi connectivity index (χ1n) is 11.4. The predicted octanol–water partition coefficient (Wildman–Crippen LogP) is 4.05. The van der Waals surface area contributed by atoms with Crippen LogP contribution in [0.4, 0.5) is 9.59 Å². The lowest BCUT2D eigenvalue weighted by Crippen LogP contribution is -2.38. The highest BCUT2D eigenvalue weighted by molar-refractivity contribution is 5.98. The number of amides is 2. The van der Waals surface area contributed by atoms with E-state index in [0.29, 0.717) is 35.1 Å². The van der Waals surface area contributed by atoms with Gasteiger partial charge in [-0.15, -0.1) is 0 Å². The molecule has 0 bridgehead atoms. The van der Waals surface area contributed by atoms with Gasteiger partial charge in [-0.1, -0.05) is 37.4 Å². The summed E-state index contributed by atoms with van der Waals surface area (Å²) in [5.41, 5.74) is 1.50. The highest BCUT2D eigenvalue weighted by Crippen LogP contribution is 2.44. The molecule has 0 heterocycles. The van der Waals surface area contributed by atoms with Gasteiger partial charge in [-0.05, 0) is 39.5 Å². The lowest BCUT2D eigenvalue weighted by atomic mass is 9.87. The van der Waals surface area contributed by atoms with Crippen molar-refractivity contribution in [3.8, 4) is 11.5 Å². The Kier molecular flexibility index (Phi) is 8.66. The smallest absolute Gasteiger partial charge is 0.415 e. The van der Waals surface area contributed by atoms with Gasteiger partial charge in [0.25, 0.3) is 0 Å². The Morgan fingerprint density at radius 2 is 1.17 bits per heavy atom. The second-order valence-electron chi connectivity index (χ2n) is 8.00. The fraction of sp³-hybridized carbons (Fsp3) is 0.308. The van der Waals surface area contributed by atoms with Crippen molar-refractivity contribution in [3.63, 3.8) is 0 Å². The number of rotatable bonds is 8. The van der Waals surface area contributed by atoms with Crippen molar-refractivity contribution in [1.29, 1.82) is 0 Å². The summed E-state index contributed by atoms with van der Waals surface area (Å²) in [6.45, 7) is 9.61. The molecular formula is C26H28N2O8.